The first-order valence-electron chi connectivity index (χ1n) is 8.72. The van der Waals surface area contributed by atoms with Crippen LogP contribution in [0.25, 0.3) is 11.0 Å². The molecule has 4 rings (SSSR count). The number of fused-ring (bicyclic) bond motifs is 1. The van der Waals surface area contributed by atoms with Crippen molar-refractivity contribution in [1.29, 1.82) is 0 Å². The Hall–Kier alpha value is -2.43. The van der Waals surface area contributed by atoms with E-state index in [1.165, 1.54) is 0 Å². The van der Waals surface area contributed by atoms with Crippen molar-refractivity contribution >= 4 is 46.9 Å². The van der Waals surface area contributed by atoms with Gasteiger partial charge in [-0.05, 0) is 24.6 Å². The smallest absolute Gasteiger partial charge is 0.225 e. The van der Waals surface area contributed by atoms with Gasteiger partial charge < -0.3 is 20.5 Å². The van der Waals surface area contributed by atoms with Gasteiger partial charge in [0.25, 0.3) is 0 Å². The minimum Gasteiger partial charge on any atom is -0.370 e. The minimum atomic E-state index is 0. The zero-order chi connectivity index (χ0) is 17.9. The summed E-state index contributed by atoms with van der Waals surface area (Å²) in [5.74, 6) is 2.14. The zero-order valence-electron chi connectivity index (χ0n) is 15.2. The molecule has 2 aromatic heterocycles. The van der Waals surface area contributed by atoms with Crippen LogP contribution in [-0.4, -0.2) is 57.0 Å². The topological polar surface area (TPSA) is 99.3 Å². The molecule has 0 radical (unpaired) electrons. The van der Waals surface area contributed by atoms with Gasteiger partial charge in [-0.2, -0.15) is 0 Å². The number of aromatic nitrogens is 4. The summed E-state index contributed by atoms with van der Waals surface area (Å²) in [6, 6.07) is 7.93. The van der Waals surface area contributed by atoms with E-state index in [9.17, 15) is 0 Å². The first-order valence-corrected chi connectivity index (χ1v) is 8.72. The molecule has 1 aliphatic rings. The van der Waals surface area contributed by atoms with Crippen molar-refractivity contribution in [1.82, 2.24) is 24.8 Å². The van der Waals surface area contributed by atoms with E-state index in [1.807, 2.05) is 18.2 Å². The number of para-hydroxylation sites is 1. The van der Waals surface area contributed by atoms with Crippen molar-refractivity contribution in [2.75, 3.05) is 31.1 Å². The molecule has 1 fully saturated rings. The minimum absolute atomic E-state index is 0. The Bertz CT molecular complexity index is 916. The van der Waals surface area contributed by atoms with E-state index in [1.54, 1.807) is 12.4 Å². The van der Waals surface area contributed by atoms with Gasteiger partial charge in [0, 0.05) is 38.6 Å². The number of hydrogen-bond donors (Lipinski definition) is 2. The zero-order valence-corrected chi connectivity index (χ0v) is 17.5. The summed E-state index contributed by atoms with van der Waals surface area (Å²) in [6.45, 7) is 5.75. The first kappa shape index (κ1) is 19.3. The number of piperazine rings is 1. The third-order valence-electron chi connectivity index (χ3n) is 4.59. The first-order chi connectivity index (χ1) is 12.7. The summed E-state index contributed by atoms with van der Waals surface area (Å²) in [5, 5.41) is 0. The van der Waals surface area contributed by atoms with Crippen molar-refractivity contribution in [2.45, 2.75) is 13.5 Å². The number of guanidine groups is 1. The van der Waals surface area contributed by atoms with E-state index in [2.05, 4.69) is 47.7 Å². The Balaban J connectivity index is 0.00000210. The van der Waals surface area contributed by atoms with Crippen LogP contribution in [0.1, 0.15) is 11.4 Å². The Kier molecular flexibility index (Phi) is 6.09. The van der Waals surface area contributed by atoms with E-state index >= 15 is 0 Å². The van der Waals surface area contributed by atoms with Crippen LogP contribution >= 0.6 is 24.0 Å². The molecule has 8 nitrogen and oxygen atoms in total. The second-order valence-electron chi connectivity index (χ2n) is 6.35. The second kappa shape index (κ2) is 8.51. The molecular formula is C18H23IN8. The van der Waals surface area contributed by atoms with Crippen LogP contribution in [0.5, 0.6) is 0 Å². The van der Waals surface area contributed by atoms with Crippen molar-refractivity contribution in [3.8, 4) is 0 Å². The summed E-state index contributed by atoms with van der Waals surface area (Å²) in [5.41, 5.74) is 9.37. The summed E-state index contributed by atoms with van der Waals surface area (Å²) in [7, 11) is 0. The molecule has 1 aromatic carbocycles. The third-order valence-corrected chi connectivity index (χ3v) is 4.59. The maximum atomic E-state index is 6.19. The maximum absolute atomic E-state index is 6.19. The van der Waals surface area contributed by atoms with Gasteiger partial charge in [-0.3, -0.25) is 0 Å². The summed E-state index contributed by atoms with van der Waals surface area (Å²) in [6.07, 6.45) is 3.53. The Morgan fingerprint density at radius 2 is 1.89 bits per heavy atom. The number of imidazole rings is 1. The van der Waals surface area contributed by atoms with Crippen LogP contribution in [0.15, 0.2) is 41.7 Å². The normalized spacial score (nSPS) is 15.1. The number of H-pyrrole nitrogens is 1. The highest BCUT2D eigenvalue weighted by molar-refractivity contribution is 14.0. The van der Waals surface area contributed by atoms with Gasteiger partial charge in [0.05, 0.1) is 11.0 Å². The van der Waals surface area contributed by atoms with Crippen molar-refractivity contribution in [3.63, 3.8) is 0 Å². The highest BCUT2D eigenvalue weighted by Gasteiger charge is 2.19. The van der Waals surface area contributed by atoms with Gasteiger partial charge in [-0.1, -0.05) is 12.1 Å². The Labute approximate surface area is 174 Å². The quantitative estimate of drug-likeness (QED) is 0.339. The average molecular weight is 478 g/mol. The van der Waals surface area contributed by atoms with Gasteiger partial charge >= 0.3 is 0 Å². The van der Waals surface area contributed by atoms with Gasteiger partial charge in [0.2, 0.25) is 5.95 Å². The molecule has 27 heavy (non-hydrogen) atoms. The standard InChI is InChI=1S/C18H22N8.HI/c1-13-4-2-5-14-16(13)24-15(23-14)12-22-17(19)25-8-10-26(11-9-25)18-20-6-3-7-21-18;/h2-7H,8-12H2,1H3,(H2,19,22)(H,23,24);1H. The summed E-state index contributed by atoms with van der Waals surface area (Å²) < 4.78 is 0. The molecule has 0 bridgehead atoms. The molecule has 0 atom stereocenters. The lowest BCUT2D eigenvalue weighted by atomic mass is 10.2. The number of anilines is 1. The van der Waals surface area contributed by atoms with Gasteiger partial charge in [0.1, 0.15) is 12.4 Å². The number of aromatic amines is 1. The molecule has 1 saturated heterocycles. The molecule has 0 spiro atoms. The predicted molar refractivity (Wildman–Crippen MR) is 117 cm³/mol. The van der Waals surface area contributed by atoms with Gasteiger partial charge in [-0.25, -0.2) is 19.9 Å². The number of aliphatic imine (C=N–C) groups is 1. The number of benzene rings is 1. The summed E-state index contributed by atoms with van der Waals surface area (Å²) >= 11 is 0. The fourth-order valence-electron chi connectivity index (χ4n) is 3.15. The molecule has 142 valence electrons. The van der Waals surface area contributed by atoms with Crippen LogP contribution in [0.4, 0.5) is 5.95 Å². The van der Waals surface area contributed by atoms with Crippen molar-refractivity contribution < 1.29 is 0 Å². The Morgan fingerprint density at radius 3 is 2.59 bits per heavy atom. The van der Waals surface area contributed by atoms with E-state index in [-0.39, 0.29) is 24.0 Å². The molecular weight excluding hydrogens is 455 g/mol. The third kappa shape index (κ3) is 4.29. The molecule has 3 aromatic rings. The monoisotopic (exact) mass is 478 g/mol. The average Bonchev–Trinajstić information content (AvgIpc) is 3.11. The molecule has 3 N–H and O–H groups in total. The molecule has 0 saturated carbocycles. The molecule has 3 heterocycles. The lowest BCUT2D eigenvalue weighted by Crippen LogP contribution is -2.51. The maximum Gasteiger partial charge on any atom is 0.225 e. The fraction of sp³-hybridized carbons (Fsp3) is 0.333. The number of rotatable bonds is 3. The molecule has 0 amide bonds. The fourth-order valence-corrected chi connectivity index (χ4v) is 3.15. The predicted octanol–water partition coefficient (Wildman–Crippen LogP) is 1.92. The number of hydrogen-bond acceptors (Lipinski definition) is 5. The van der Waals surface area contributed by atoms with E-state index in [0.29, 0.717) is 12.5 Å². The van der Waals surface area contributed by atoms with Crippen molar-refractivity contribution in [2.24, 2.45) is 10.7 Å². The molecule has 1 aliphatic heterocycles. The van der Waals surface area contributed by atoms with E-state index < -0.39 is 0 Å². The molecule has 9 heteroatoms. The summed E-state index contributed by atoms with van der Waals surface area (Å²) in [4.78, 5) is 25.3. The number of halogens is 1. The number of nitrogens with zero attached hydrogens (tertiary/aromatic N) is 6. The largest absolute Gasteiger partial charge is 0.370 e. The van der Waals surface area contributed by atoms with Crippen LogP contribution in [-0.2, 0) is 6.54 Å². The van der Waals surface area contributed by atoms with Gasteiger partial charge in [-0.15, -0.1) is 24.0 Å². The second-order valence-corrected chi connectivity index (χ2v) is 6.35. The lowest BCUT2D eigenvalue weighted by molar-refractivity contribution is 0.378. The van der Waals surface area contributed by atoms with Crippen LogP contribution in [0, 0.1) is 6.92 Å². The number of aryl methyl sites for hydroxylation is 1. The van der Waals surface area contributed by atoms with Crippen molar-refractivity contribution in [3.05, 3.63) is 48.0 Å². The highest BCUT2D eigenvalue weighted by Crippen LogP contribution is 2.16. The number of nitrogens with one attached hydrogen (secondary N) is 1. The number of nitrogens with two attached hydrogens (primary N) is 1. The highest BCUT2D eigenvalue weighted by atomic mass is 127. The van der Waals surface area contributed by atoms with Crippen LogP contribution in [0.3, 0.4) is 0 Å². The Morgan fingerprint density at radius 1 is 1.15 bits per heavy atom. The molecule has 0 unspecified atom stereocenters. The lowest BCUT2D eigenvalue weighted by Gasteiger charge is -2.35. The van der Waals surface area contributed by atoms with E-state index in [4.69, 9.17) is 5.73 Å². The SMILES string of the molecule is Cc1cccc2[nH]c(CN=C(N)N3CCN(c4ncccn4)CC3)nc12.I. The van der Waals surface area contributed by atoms with E-state index in [0.717, 1.165) is 54.5 Å². The van der Waals surface area contributed by atoms with Gasteiger partial charge in [0.15, 0.2) is 5.96 Å². The van der Waals surface area contributed by atoms with Crippen LogP contribution < -0.4 is 10.6 Å². The van der Waals surface area contributed by atoms with Crippen LogP contribution in [0.2, 0.25) is 0 Å². The molecule has 0 aliphatic carbocycles.